The van der Waals surface area contributed by atoms with Crippen molar-refractivity contribution in [1.29, 1.82) is 0 Å². The van der Waals surface area contributed by atoms with Crippen LogP contribution < -0.4 is 19.7 Å². The number of ether oxygens (including phenoxy) is 2. The van der Waals surface area contributed by atoms with Crippen LogP contribution in [0.1, 0.15) is 17.0 Å². The Kier molecular flexibility index (Phi) is 5.71. The van der Waals surface area contributed by atoms with Gasteiger partial charge in [0, 0.05) is 40.8 Å². The largest absolute Gasteiger partial charge is 0.493 e. The third-order valence-corrected chi connectivity index (χ3v) is 5.96. The van der Waals surface area contributed by atoms with Crippen molar-refractivity contribution in [2.24, 2.45) is 0 Å². The van der Waals surface area contributed by atoms with Crippen LogP contribution in [0.4, 0.5) is 17.2 Å². The maximum absolute atomic E-state index is 13.0. The van der Waals surface area contributed by atoms with Gasteiger partial charge in [0.15, 0.2) is 11.5 Å². The highest BCUT2D eigenvalue weighted by Gasteiger charge is 2.25. The molecule has 2 aromatic heterocycles. The molecular weight excluding hydrogens is 430 g/mol. The van der Waals surface area contributed by atoms with Gasteiger partial charge >= 0.3 is 0 Å². The maximum Gasteiger partial charge on any atom is 0.233 e. The van der Waals surface area contributed by atoms with Crippen LogP contribution in [0.25, 0.3) is 10.9 Å². The maximum atomic E-state index is 13.0. The van der Waals surface area contributed by atoms with Gasteiger partial charge in [-0.25, -0.2) is 9.97 Å². The van der Waals surface area contributed by atoms with E-state index in [2.05, 4.69) is 26.3 Å². The Morgan fingerprint density at radius 2 is 1.88 bits per heavy atom. The highest BCUT2D eigenvalue weighted by molar-refractivity contribution is 5.97. The van der Waals surface area contributed by atoms with Crippen LogP contribution in [0.15, 0.2) is 54.9 Å². The average Bonchev–Trinajstić information content (AvgIpc) is 3.27. The zero-order valence-electron chi connectivity index (χ0n) is 19.3. The molecule has 0 spiro atoms. The fourth-order valence-electron chi connectivity index (χ4n) is 4.31. The molecule has 8 nitrogen and oxygen atoms in total. The predicted octanol–water partition coefficient (Wildman–Crippen LogP) is 4.23. The summed E-state index contributed by atoms with van der Waals surface area (Å²) in [5.74, 6) is 1.95. The molecule has 0 saturated heterocycles. The minimum atomic E-state index is 0.0559. The molecular formula is C26H25N5O3. The highest BCUT2D eigenvalue weighted by atomic mass is 16.5. The molecule has 1 N–H and O–H groups in total. The van der Waals surface area contributed by atoms with E-state index in [-0.39, 0.29) is 5.91 Å². The molecule has 1 amide bonds. The molecule has 1 aliphatic heterocycles. The van der Waals surface area contributed by atoms with Gasteiger partial charge < -0.3 is 19.7 Å². The second-order valence-electron chi connectivity index (χ2n) is 8.16. The minimum Gasteiger partial charge on any atom is -0.493 e. The molecule has 0 fully saturated rings. The van der Waals surface area contributed by atoms with Crippen LogP contribution >= 0.6 is 0 Å². The zero-order valence-corrected chi connectivity index (χ0v) is 19.3. The Morgan fingerprint density at radius 3 is 2.68 bits per heavy atom. The number of carbonyl (C=O) groups excluding carboxylic acids is 1. The van der Waals surface area contributed by atoms with Gasteiger partial charge in [0.05, 0.1) is 26.2 Å². The number of fused-ring (bicyclic) bond motifs is 2. The predicted molar refractivity (Wildman–Crippen MR) is 131 cm³/mol. The van der Waals surface area contributed by atoms with Crippen LogP contribution in [0.2, 0.25) is 0 Å². The van der Waals surface area contributed by atoms with Crippen molar-refractivity contribution in [2.75, 3.05) is 31.0 Å². The topological polar surface area (TPSA) is 89.5 Å². The summed E-state index contributed by atoms with van der Waals surface area (Å²) in [4.78, 5) is 28.1. The second-order valence-corrected chi connectivity index (χ2v) is 8.16. The first-order valence-corrected chi connectivity index (χ1v) is 11.1. The molecule has 0 bridgehead atoms. The fraction of sp³-hybridized carbons (Fsp3) is 0.231. The molecule has 8 heteroatoms. The van der Waals surface area contributed by atoms with E-state index >= 15 is 0 Å². The lowest BCUT2D eigenvalue weighted by atomic mass is 10.1. The van der Waals surface area contributed by atoms with Crippen molar-refractivity contribution >= 4 is 34.0 Å². The summed E-state index contributed by atoms with van der Waals surface area (Å²) in [7, 11) is 3.20. The molecule has 0 unspecified atom stereocenters. The van der Waals surface area contributed by atoms with Gasteiger partial charge in [-0.05, 0) is 55.3 Å². The summed E-state index contributed by atoms with van der Waals surface area (Å²) in [6, 6.07) is 15.5. The van der Waals surface area contributed by atoms with Crippen LogP contribution in [0.5, 0.6) is 11.5 Å². The first-order chi connectivity index (χ1) is 16.6. The minimum absolute atomic E-state index is 0.0559. The van der Waals surface area contributed by atoms with Crippen molar-refractivity contribution < 1.29 is 14.3 Å². The molecule has 0 saturated carbocycles. The average molecular weight is 456 g/mol. The number of hydrogen-bond acceptors (Lipinski definition) is 7. The van der Waals surface area contributed by atoms with Crippen LogP contribution in [-0.2, 0) is 17.6 Å². The third-order valence-electron chi connectivity index (χ3n) is 5.96. The number of anilines is 3. The van der Waals surface area contributed by atoms with E-state index in [1.54, 1.807) is 14.2 Å². The molecule has 5 rings (SSSR count). The number of benzene rings is 2. The molecule has 0 radical (unpaired) electrons. The van der Waals surface area contributed by atoms with Gasteiger partial charge in [-0.3, -0.25) is 9.78 Å². The summed E-state index contributed by atoms with van der Waals surface area (Å²) >= 11 is 0. The van der Waals surface area contributed by atoms with Crippen molar-refractivity contribution in [2.45, 2.75) is 19.8 Å². The van der Waals surface area contributed by atoms with E-state index in [0.29, 0.717) is 30.3 Å². The molecule has 1 aliphatic rings. The van der Waals surface area contributed by atoms with Crippen molar-refractivity contribution in [1.82, 2.24) is 15.0 Å². The van der Waals surface area contributed by atoms with Gasteiger partial charge in [-0.2, -0.15) is 0 Å². The van der Waals surface area contributed by atoms with E-state index in [4.69, 9.17) is 9.47 Å². The van der Waals surface area contributed by atoms with Crippen molar-refractivity contribution in [3.63, 3.8) is 0 Å². The van der Waals surface area contributed by atoms with E-state index in [0.717, 1.165) is 45.6 Å². The summed E-state index contributed by atoms with van der Waals surface area (Å²) in [5.41, 5.74) is 5.41. The number of nitrogens with one attached hydrogen (secondary N) is 1. The Morgan fingerprint density at radius 1 is 1.06 bits per heavy atom. The van der Waals surface area contributed by atoms with Gasteiger partial charge in [0.2, 0.25) is 5.91 Å². The number of carbonyl (C=O) groups is 1. The van der Waals surface area contributed by atoms with E-state index in [9.17, 15) is 4.79 Å². The van der Waals surface area contributed by atoms with Crippen molar-refractivity contribution in [3.05, 3.63) is 71.8 Å². The molecule has 3 heterocycles. The number of aryl methyl sites for hydroxylation is 1. The number of pyridine rings is 1. The van der Waals surface area contributed by atoms with Gasteiger partial charge in [0.25, 0.3) is 0 Å². The lowest BCUT2D eigenvalue weighted by molar-refractivity contribution is -0.117. The van der Waals surface area contributed by atoms with Crippen molar-refractivity contribution in [3.8, 4) is 11.5 Å². The molecule has 0 aliphatic carbocycles. The fourth-order valence-corrected chi connectivity index (χ4v) is 4.31. The lowest BCUT2D eigenvalue weighted by Gasteiger charge is -2.18. The number of nitrogens with zero attached hydrogens (tertiary/aromatic N) is 4. The Balaban J connectivity index is 1.38. The number of rotatable bonds is 6. The van der Waals surface area contributed by atoms with Gasteiger partial charge in [0.1, 0.15) is 12.1 Å². The van der Waals surface area contributed by atoms with E-state index in [1.807, 2.05) is 54.3 Å². The lowest BCUT2D eigenvalue weighted by Crippen LogP contribution is -2.30. The van der Waals surface area contributed by atoms with E-state index < -0.39 is 0 Å². The second kappa shape index (κ2) is 8.97. The quantitative estimate of drug-likeness (QED) is 0.465. The van der Waals surface area contributed by atoms with Crippen LogP contribution in [-0.4, -0.2) is 41.6 Å². The van der Waals surface area contributed by atoms with Gasteiger partial charge in [-0.1, -0.05) is 6.07 Å². The van der Waals surface area contributed by atoms with Crippen LogP contribution in [0, 0.1) is 6.92 Å². The summed E-state index contributed by atoms with van der Waals surface area (Å²) in [6.45, 7) is 2.60. The number of hydrogen-bond donors (Lipinski definition) is 1. The first kappa shape index (κ1) is 21.6. The Hall–Kier alpha value is -4.20. The highest BCUT2D eigenvalue weighted by Crippen LogP contribution is 2.36. The molecule has 2 aromatic carbocycles. The number of aromatic nitrogens is 3. The van der Waals surface area contributed by atoms with E-state index in [1.165, 1.54) is 6.33 Å². The zero-order chi connectivity index (χ0) is 23.7. The molecule has 4 aromatic rings. The van der Waals surface area contributed by atoms with Crippen LogP contribution in [0.3, 0.4) is 0 Å². The normalized spacial score (nSPS) is 12.5. The molecule has 34 heavy (non-hydrogen) atoms. The Bertz CT molecular complexity index is 1390. The number of amides is 1. The summed E-state index contributed by atoms with van der Waals surface area (Å²) < 4.78 is 10.8. The third kappa shape index (κ3) is 4.10. The smallest absolute Gasteiger partial charge is 0.233 e. The molecule has 172 valence electrons. The summed E-state index contributed by atoms with van der Waals surface area (Å²) in [6.07, 6.45) is 2.61. The first-order valence-electron chi connectivity index (χ1n) is 11.1. The standard InChI is InChI=1S/C26H25N5O3/c1-16-5-4-6-18(29-16)12-25(32)31-10-9-17-11-19(7-8-22(17)31)30-26-20-13-23(33-2)24(34-3)14-21(20)27-15-28-26/h4-8,11,13-15H,9-10,12H2,1-3H3,(H,27,28,30). The van der Waals surface area contributed by atoms with Gasteiger partial charge in [-0.15, -0.1) is 0 Å². The molecule has 0 atom stereocenters. The Labute approximate surface area is 197 Å². The monoisotopic (exact) mass is 455 g/mol. The number of methoxy groups -OCH3 is 2. The SMILES string of the molecule is COc1cc2ncnc(Nc3ccc4c(c3)CCN4C(=O)Cc3cccc(C)n3)c2cc1OC. The summed E-state index contributed by atoms with van der Waals surface area (Å²) in [5, 5.41) is 4.22.